The molecule has 4 atom stereocenters. The minimum atomic E-state index is 0.329. The van der Waals surface area contributed by atoms with Crippen molar-refractivity contribution in [2.24, 2.45) is 11.8 Å². The molecule has 4 aliphatic rings. The number of ether oxygens (including phenoxy) is 1. The molecule has 1 aromatic carbocycles. The largest absolute Gasteiger partial charge is 0.497 e. The number of likely N-dealkylation sites (tertiary alicyclic amines) is 1. The van der Waals surface area contributed by atoms with Gasteiger partial charge in [-0.2, -0.15) is 0 Å². The Balaban J connectivity index is 1.18. The standard InChI is InChI=1S/C27H35N3O2/c1-32-23-7-8-25-19(17-23)9-13-28(25)14-10-26(31)30-12-4-5-20-15-21-16-22(27(20)30)18-29-11-3-2-6-24(21)29/h7-9,13,15,17,21-22,24,27H,2-6,10-12,14,16,18H2,1H3/t21-,22+,24+,27+/m0/s1. The number of aryl methyl sites for hydroxylation is 1. The smallest absolute Gasteiger partial charge is 0.224 e. The minimum Gasteiger partial charge on any atom is -0.497 e. The Bertz CT molecular complexity index is 1040. The molecule has 1 amide bonds. The van der Waals surface area contributed by atoms with Gasteiger partial charge in [-0.05, 0) is 74.8 Å². The maximum Gasteiger partial charge on any atom is 0.224 e. The van der Waals surface area contributed by atoms with Gasteiger partial charge in [0.2, 0.25) is 5.91 Å². The van der Waals surface area contributed by atoms with Gasteiger partial charge in [-0.1, -0.05) is 18.1 Å². The number of methoxy groups -OCH3 is 1. The first-order chi connectivity index (χ1) is 15.7. The molecule has 2 bridgehead atoms. The minimum absolute atomic E-state index is 0.329. The number of hydrogen-bond donors (Lipinski definition) is 0. The highest BCUT2D eigenvalue weighted by Gasteiger charge is 2.46. The lowest BCUT2D eigenvalue weighted by Crippen LogP contribution is -2.60. The van der Waals surface area contributed by atoms with Crippen molar-refractivity contribution in [2.75, 3.05) is 26.7 Å². The highest BCUT2D eigenvalue weighted by Crippen LogP contribution is 2.45. The number of carbonyl (C=O) groups excluding carboxylic acids is 1. The third kappa shape index (κ3) is 3.45. The number of hydrogen-bond acceptors (Lipinski definition) is 3. The van der Waals surface area contributed by atoms with Crippen LogP contribution in [0.25, 0.3) is 10.9 Å². The predicted molar refractivity (Wildman–Crippen MR) is 127 cm³/mol. The maximum absolute atomic E-state index is 13.5. The molecular formula is C27H35N3O2. The molecular weight excluding hydrogens is 398 g/mol. The van der Waals surface area contributed by atoms with E-state index in [0.717, 1.165) is 42.6 Å². The van der Waals surface area contributed by atoms with Gasteiger partial charge >= 0.3 is 0 Å². The molecule has 0 spiro atoms. The van der Waals surface area contributed by atoms with Crippen molar-refractivity contribution in [2.45, 2.75) is 63.6 Å². The average Bonchev–Trinajstić information content (AvgIpc) is 3.24. The second-order valence-electron chi connectivity index (χ2n) is 10.3. The van der Waals surface area contributed by atoms with E-state index in [-0.39, 0.29) is 0 Å². The van der Waals surface area contributed by atoms with E-state index in [1.54, 1.807) is 12.7 Å². The molecule has 32 heavy (non-hydrogen) atoms. The van der Waals surface area contributed by atoms with Gasteiger partial charge in [0.05, 0.1) is 13.2 Å². The van der Waals surface area contributed by atoms with Crippen LogP contribution in [0.1, 0.15) is 44.9 Å². The molecule has 1 aliphatic carbocycles. The Labute approximate surface area is 191 Å². The first-order valence-corrected chi connectivity index (χ1v) is 12.6. The summed E-state index contributed by atoms with van der Waals surface area (Å²) < 4.78 is 7.56. The van der Waals surface area contributed by atoms with Crippen LogP contribution in [-0.2, 0) is 11.3 Å². The van der Waals surface area contributed by atoms with E-state index >= 15 is 0 Å². The zero-order chi connectivity index (χ0) is 21.7. The van der Waals surface area contributed by atoms with Crippen molar-refractivity contribution in [1.82, 2.24) is 14.4 Å². The summed E-state index contributed by atoms with van der Waals surface area (Å²) >= 11 is 0. The van der Waals surface area contributed by atoms with E-state index in [1.165, 1.54) is 50.7 Å². The number of rotatable bonds is 4. The zero-order valence-electron chi connectivity index (χ0n) is 19.2. The van der Waals surface area contributed by atoms with Gasteiger partial charge in [0.1, 0.15) is 5.75 Å². The van der Waals surface area contributed by atoms with Crippen LogP contribution >= 0.6 is 0 Å². The molecule has 1 aromatic heterocycles. The first kappa shape index (κ1) is 20.3. The normalized spacial score (nSPS) is 29.9. The Hall–Kier alpha value is -2.27. The van der Waals surface area contributed by atoms with Crippen molar-refractivity contribution in [3.05, 3.63) is 42.1 Å². The molecule has 0 radical (unpaired) electrons. The number of nitrogens with zero attached hydrogens (tertiary/aromatic N) is 3. The van der Waals surface area contributed by atoms with Gasteiger partial charge in [0.25, 0.3) is 0 Å². The van der Waals surface area contributed by atoms with E-state index < -0.39 is 0 Å². The monoisotopic (exact) mass is 433 g/mol. The van der Waals surface area contributed by atoms with Crippen LogP contribution in [-0.4, -0.2) is 59.1 Å². The lowest BCUT2D eigenvalue weighted by Gasteiger charge is -2.54. The number of fused-ring (bicyclic) bond motifs is 7. The molecule has 3 saturated heterocycles. The Morgan fingerprint density at radius 1 is 1.16 bits per heavy atom. The van der Waals surface area contributed by atoms with Gasteiger partial charge in [-0.3, -0.25) is 9.69 Å². The third-order valence-corrected chi connectivity index (χ3v) is 8.52. The number of benzene rings is 1. The van der Waals surface area contributed by atoms with Crippen LogP contribution in [0, 0.1) is 11.8 Å². The Morgan fingerprint density at radius 3 is 3.00 bits per heavy atom. The molecule has 4 heterocycles. The third-order valence-electron chi connectivity index (χ3n) is 8.52. The lowest BCUT2D eigenvalue weighted by atomic mass is 9.68. The van der Waals surface area contributed by atoms with Crippen LogP contribution in [0.5, 0.6) is 5.75 Å². The molecule has 5 heteroatoms. The van der Waals surface area contributed by atoms with E-state index in [9.17, 15) is 4.79 Å². The van der Waals surface area contributed by atoms with Gasteiger partial charge in [0.15, 0.2) is 0 Å². The summed E-state index contributed by atoms with van der Waals surface area (Å²) in [5.41, 5.74) is 2.75. The topological polar surface area (TPSA) is 37.7 Å². The lowest BCUT2D eigenvalue weighted by molar-refractivity contribution is -0.136. The average molecular weight is 434 g/mol. The van der Waals surface area contributed by atoms with E-state index in [2.05, 4.69) is 44.8 Å². The molecule has 2 aromatic rings. The Kier molecular flexibility index (Phi) is 5.25. The summed E-state index contributed by atoms with van der Waals surface area (Å²) in [5.74, 6) is 2.55. The molecule has 5 nitrogen and oxygen atoms in total. The molecule has 3 fully saturated rings. The van der Waals surface area contributed by atoms with Gasteiger partial charge in [-0.25, -0.2) is 0 Å². The van der Waals surface area contributed by atoms with Crippen molar-refractivity contribution in [3.63, 3.8) is 0 Å². The van der Waals surface area contributed by atoms with Crippen LogP contribution in [0.15, 0.2) is 42.1 Å². The predicted octanol–water partition coefficient (Wildman–Crippen LogP) is 4.46. The number of aromatic nitrogens is 1. The van der Waals surface area contributed by atoms with Crippen LogP contribution in [0.2, 0.25) is 0 Å². The highest BCUT2D eigenvalue weighted by atomic mass is 16.5. The van der Waals surface area contributed by atoms with E-state index in [1.807, 2.05) is 6.07 Å². The fourth-order valence-electron chi connectivity index (χ4n) is 7.11. The molecule has 0 N–H and O–H groups in total. The van der Waals surface area contributed by atoms with Crippen molar-refractivity contribution in [3.8, 4) is 5.75 Å². The first-order valence-electron chi connectivity index (χ1n) is 12.6. The maximum atomic E-state index is 13.5. The number of carbonyl (C=O) groups is 1. The van der Waals surface area contributed by atoms with Crippen molar-refractivity contribution >= 4 is 16.8 Å². The van der Waals surface area contributed by atoms with E-state index in [0.29, 0.717) is 24.3 Å². The summed E-state index contributed by atoms with van der Waals surface area (Å²) in [7, 11) is 1.70. The molecule has 170 valence electrons. The summed E-state index contributed by atoms with van der Waals surface area (Å²) in [4.78, 5) is 18.5. The van der Waals surface area contributed by atoms with Gasteiger partial charge < -0.3 is 14.2 Å². The molecule has 3 aliphatic heterocycles. The van der Waals surface area contributed by atoms with Crippen LogP contribution in [0.3, 0.4) is 0 Å². The quantitative estimate of drug-likeness (QED) is 0.668. The molecule has 0 unspecified atom stereocenters. The number of piperidine rings is 3. The van der Waals surface area contributed by atoms with Gasteiger partial charge in [0, 0.05) is 49.2 Å². The summed E-state index contributed by atoms with van der Waals surface area (Å²) in [6.45, 7) is 4.11. The summed E-state index contributed by atoms with van der Waals surface area (Å²) in [6, 6.07) is 9.38. The molecule has 0 saturated carbocycles. The van der Waals surface area contributed by atoms with Crippen LogP contribution in [0.4, 0.5) is 0 Å². The fourth-order valence-corrected chi connectivity index (χ4v) is 7.11. The summed E-state index contributed by atoms with van der Waals surface area (Å²) in [6.07, 6.45) is 13.0. The Morgan fingerprint density at radius 2 is 2.09 bits per heavy atom. The van der Waals surface area contributed by atoms with Gasteiger partial charge in [-0.15, -0.1) is 0 Å². The van der Waals surface area contributed by atoms with Crippen molar-refractivity contribution in [1.29, 1.82) is 0 Å². The molecule has 6 rings (SSSR count). The SMILES string of the molecule is COc1ccc2c(ccn2CCC(=O)N2CCCC3=C[C@H]4C[C@H](CN5CCCC[C@H]45)[C@@H]32)c1. The zero-order valence-corrected chi connectivity index (χ0v) is 19.2. The fraction of sp³-hybridized carbons (Fsp3) is 0.593. The van der Waals surface area contributed by atoms with E-state index in [4.69, 9.17) is 4.74 Å². The summed E-state index contributed by atoms with van der Waals surface area (Å²) in [5, 5.41) is 1.16. The number of amides is 1. The second-order valence-corrected chi connectivity index (χ2v) is 10.3. The highest BCUT2D eigenvalue weighted by molar-refractivity contribution is 5.82. The second kappa shape index (κ2) is 8.26. The van der Waals surface area contributed by atoms with Crippen molar-refractivity contribution < 1.29 is 9.53 Å². The van der Waals surface area contributed by atoms with Crippen LogP contribution < -0.4 is 4.74 Å².